The molecule has 1 unspecified atom stereocenters. The van der Waals surface area contributed by atoms with Gasteiger partial charge < -0.3 is 5.73 Å². The molecule has 0 aliphatic carbocycles. The summed E-state index contributed by atoms with van der Waals surface area (Å²) >= 11 is 5.88. The largest absolute Gasteiger partial charge is 0.326 e. The molecule has 0 saturated carbocycles. The zero-order chi connectivity index (χ0) is 12.5. The van der Waals surface area contributed by atoms with Crippen LogP contribution in [-0.4, -0.2) is 24.0 Å². The third kappa shape index (κ3) is 3.21. The molecule has 1 aromatic carbocycles. The highest BCUT2D eigenvalue weighted by molar-refractivity contribution is 6.30. The first kappa shape index (κ1) is 12.9. The normalized spacial score (nSPS) is 24.8. The number of rotatable bonds is 2. The van der Waals surface area contributed by atoms with Crippen molar-refractivity contribution in [3.8, 4) is 0 Å². The predicted molar refractivity (Wildman–Crippen MR) is 73.1 cm³/mol. The summed E-state index contributed by atoms with van der Waals surface area (Å²) in [5.41, 5.74) is 7.80. The fourth-order valence-corrected chi connectivity index (χ4v) is 2.37. The third-order valence-electron chi connectivity index (χ3n) is 3.85. The van der Waals surface area contributed by atoms with E-state index in [1.807, 2.05) is 12.1 Å². The van der Waals surface area contributed by atoms with E-state index >= 15 is 0 Å². The summed E-state index contributed by atoms with van der Waals surface area (Å²) in [5, 5.41) is 0.797. The van der Waals surface area contributed by atoms with E-state index in [-0.39, 0.29) is 11.5 Å². The monoisotopic (exact) mass is 252 g/mol. The Morgan fingerprint density at radius 1 is 1.35 bits per heavy atom. The average Bonchev–Trinajstić information content (AvgIpc) is 2.27. The van der Waals surface area contributed by atoms with Gasteiger partial charge in [-0.3, -0.25) is 4.90 Å². The summed E-state index contributed by atoms with van der Waals surface area (Å²) < 4.78 is 0. The SMILES string of the molecule is CC1(C)CCN(Cc2ccc(Cl)cc2)CC1N. The van der Waals surface area contributed by atoms with Gasteiger partial charge in [-0.2, -0.15) is 0 Å². The average molecular weight is 253 g/mol. The minimum Gasteiger partial charge on any atom is -0.326 e. The van der Waals surface area contributed by atoms with Crippen LogP contribution in [0.25, 0.3) is 0 Å². The molecule has 1 aliphatic rings. The Morgan fingerprint density at radius 3 is 2.59 bits per heavy atom. The lowest BCUT2D eigenvalue weighted by molar-refractivity contribution is 0.101. The summed E-state index contributed by atoms with van der Waals surface area (Å²) in [6.07, 6.45) is 1.17. The molecule has 17 heavy (non-hydrogen) atoms. The number of hydrogen-bond donors (Lipinski definition) is 1. The van der Waals surface area contributed by atoms with Gasteiger partial charge in [0.25, 0.3) is 0 Å². The Hall–Kier alpha value is -0.570. The first-order valence-corrected chi connectivity index (χ1v) is 6.57. The van der Waals surface area contributed by atoms with Gasteiger partial charge >= 0.3 is 0 Å². The second kappa shape index (κ2) is 4.97. The van der Waals surface area contributed by atoms with Crippen molar-refractivity contribution in [2.75, 3.05) is 13.1 Å². The van der Waals surface area contributed by atoms with Crippen molar-refractivity contribution in [2.45, 2.75) is 32.9 Å². The molecule has 2 nitrogen and oxygen atoms in total. The highest BCUT2D eigenvalue weighted by Crippen LogP contribution is 2.29. The third-order valence-corrected chi connectivity index (χ3v) is 4.10. The van der Waals surface area contributed by atoms with Crippen LogP contribution in [0.15, 0.2) is 24.3 Å². The van der Waals surface area contributed by atoms with Crippen LogP contribution in [0, 0.1) is 5.41 Å². The Balaban J connectivity index is 1.95. The van der Waals surface area contributed by atoms with E-state index < -0.39 is 0 Å². The van der Waals surface area contributed by atoms with Gasteiger partial charge in [0.2, 0.25) is 0 Å². The number of nitrogens with zero attached hydrogens (tertiary/aromatic N) is 1. The molecule has 1 aliphatic heterocycles. The molecular formula is C14H21ClN2. The van der Waals surface area contributed by atoms with Crippen molar-refractivity contribution in [3.63, 3.8) is 0 Å². The second-order valence-electron chi connectivity index (χ2n) is 5.71. The van der Waals surface area contributed by atoms with Gasteiger partial charge in [0.1, 0.15) is 0 Å². The van der Waals surface area contributed by atoms with Gasteiger partial charge in [0.05, 0.1) is 0 Å². The molecule has 1 saturated heterocycles. The van der Waals surface area contributed by atoms with Gasteiger partial charge in [0, 0.05) is 24.2 Å². The van der Waals surface area contributed by atoms with Crippen molar-refractivity contribution in [1.29, 1.82) is 0 Å². The van der Waals surface area contributed by atoms with Crippen LogP contribution >= 0.6 is 11.6 Å². The molecule has 1 aromatic rings. The zero-order valence-corrected chi connectivity index (χ0v) is 11.4. The van der Waals surface area contributed by atoms with Gasteiger partial charge in [-0.25, -0.2) is 0 Å². The first-order chi connectivity index (χ1) is 7.97. The molecular weight excluding hydrogens is 232 g/mol. The van der Waals surface area contributed by atoms with Crippen LogP contribution in [-0.2, 0) is 6.54 Å². The van der Waals surface area contributed by atoms with Crippen molar-refractivity contribution < 1.29 is 0 Å². The lowest BCUT2D eigenvalue weighted by Crippen LogP contribution is -2.52. The van der Waals surface area contributed by atoms with Gasteiger partial charge in [-0.15, -0.1) is 0 Å². The fraction of sp³-hybridized carbons (Fsp3) is 0.571. The minimum absolute atomic E-state index is 0.267. The maximum atomic E-state index is 6.22. The summed E-state index contributed by atoms with van der Waals surface area (Å²) in [6, 6.07) is 8.35. The van der Waals surface area contributed by atoms with Gasteiger partial charge in [-0.05, 0) is 36.1 Å². The Morgan fingerprint density at radius 2 is 2.00 bits per heavy atom. The molecule has 1 heterocycles. The van der Waals surface area contributed by atoms with Crippen molar-refractivity contribution in [3.05, 3.63) is 34.9 Å². The number of hydrogen-bond acceptors (Lipinski definition) is 2. The smallest absolute Gasteiger partial charge is 0.0406 e. The Bertz CT molecular complexity index is 372. The summed E-state index contributed by atoms with van der Waals surface area (Å²) in [5.74, 6) is 0. The van der Waals surface area contributed by atoms with E-state index in [2.05, 4.69) is 30.9 Å². The van der Waals surface area contributed by atoms with Crippen LogP contribution in [0.4, 0.5) is 0 Å². The van der Waals surface area contributed by atoms with Crippen LogP contribution in [0.5, 0.6) is 0 Å². The molecule has 2 N–H and O–H groups in total. The summed E-state index contributed by atoms with van der Waals surface area (Å²) in [7, 11) is 0. The standard InChI is InChI=1S/C14H21ClN2/c1-14(2)7-8-17(10-13(14)16)9-11-3-5-12(15)6-4-11/h3-6,13H,7-10,16H2,1-2H3. The van der Waals surface area contributed by atoms with E-state index in [1.165, 1.54) is 12.0 Å². The van der Waals surface area contributed by atoms with E-state index in [0.29, 0.717) is 0 Å². The molecule has 0 amide bonds. The first-order valence-electron chi connectivity index (χ1n) is 6.20. The van der Waals surface area contributed by atoms with Crippen LogP contribution in [0.3, 0.4) is 0 Å². The maximum Gasteiger partial charge on any atom is 0.0406 e. The fourth-order valence-electron chi connectivity index (χ4n) is 2.24. The Labute approximate surface area is 109 Å². The lowest BCUT2D eigenvalue weighted by Gasteiger charge is -2.42. The lowest BCUT2D eigenvalue weighted by atomic mass is 9.78. The number of likely N-dealkylation sites (tertiary alicyclic amines) is 1. The topological polar surface area (TPSA) is 29.3 Å². The maximum absolute atomic E-state index is 6.22. The number of halogens is 1. The summed E-state index contributed by atoms with van der Waals surface area (Å²) in [4.78, 5) is 2.43. The molecule has 0 bridgehead atoms. The molecule has 1 atom stereocenters. The quantitative estimate of drug-likeness (QED) is 0.877. The van der Waals surface area contributed by atoms with E-state index in [1.54, 1.807) is 0 Å². The van der Waals surface area contributed by atoms with Crippen molar-refractivity contribution in [1.82, 2.24) is 4.90 Å². The highest BCUT2D eigenvalue weighted by Gasteiger charge is 2.32. The number of piperidine rings is 1. The second-order valence-corrected chi connectivity index (χ2v) is 6.14. The Kier molecular flexibility index (Phi) is 3.76. The van der Waals surface area contributed by atoms with Gasteiger partial charge in [-0.1, -0.05) is 37.6 Å². The minimum atomic E-state index is 0.267. The molecule has 0 aromatic heterocycles. The zero-order valence-electron chi connectivity index (χ0n) is 10.6. The predicted octanol–water partition coefficient (Wildman–Crippen LogP) is 2.90. The van der Waals surface area contributed by atoms with Crippen molar-refractivity contribution in [2.24, 2.45) is 11.1 Å². The highest BCUT2D eigenvalue weighted by atomic mass is 35.5. The summed E-state index contributed by atoms with van der Waals surface area (Å²) in [6.45, 7) is 7.61. The van der Waals surface area contributed by atoms with Gasteiger partial charge in [0.15, 0.2) is 0 Å². The van der Waals surface area contributed by atoms with E-state index in [9.17, 15) is 0 Å². The molecule has 0 spiro atoms. The van der Waals surface area contributed by atoms with Crippen LogP contribution in [0.2, 0.25) is 5.02 Å². The number of nitrogens with two attached hydrogens (primary N) is 1. The molecule has 3 heteroatoms. The molecule has 2 rings (SSSR count). The molecule has 94 valence electrons. The van der Waals surface area contributed by atoms with Crippen molar-refractivity contribution >= 4 is 11.6 Å². The van der Waals surface area contributed by atoms with E-state index in [4.69, 9.17) is 17.3 Å². The number of benzene rings is 1. The van der Waals surface area contributed by atoms with Crippen LogP contribution < -0.4 is 5.73 Å². The van der Waals surface area contributed by atoms with Crippen LogP contribution in [0.1, 0.15) is 25.8 Å². The molecule has 0 radical (unpaired) electrons. The van der Waals surface area contributed by atoms with E-state index in [0.717, 1.165) is 24.7 Å². The molecule has 1 fully saturated rings.